The molecule has 166 valence electrons. The number of hydrogen-bond acceptors (Lipinski definition) is 5. The molecule has 3 amide bonds. The molecule has 5 rings (SSSR count). The zero-order valence-corrected chi connectivity index (χ0v) is 18.0. The summed E-state index contributed by atoms with van der Waals surface area (Å²) in [5.41, 5.74) is 2.70. The average Bonchev–Trinajstić information content (AvgIpc) is 3.37. The summed E-state index contributed by atoms with van der Waals surface area (Å²) in [6.07, 6.45) is 8.03. The molecule has 0 spiro atoms. The highest BCUT2D eigenvalue weighted by atomic mass is 16.2. The van der Waals surface area contributed by atoms with Gasteiger partial charge in [0.1, 0.15) is 12.6 Å². The van der Waals surface area contributed by atoms with Crippen LogP contribution in [0, 0.1) is 0 Å². The fraction of sp³-hybridized carbons (Fsp3) is 0.417. The topological polar surface area (TPSA) is 85.9 Å². The summed E-state index contributed by atoms with van der Waals surface area (Å²) in [6, 6.07) is 8.82. The monoisotopic (exact) mass is 433 g/mol. The predicted molar refractivity (Wildman–Crippen MR) is 122 cm³/mol. The van der Waals surface area contributed by atoms with E-state index in [1.54, 1.807) is 35.5 Å². The van der Waals surface area contributed by atoms with Gasteiger partial charge >= 0.3 is 0 Å². The van der Waals surface area contributed by atoms with Crippen LogP contribution in [0.2, 0.25) is 0 Å². The highest BCUT2D eigenvalue weighted by Gasteiger charge is 2.40. The first-order valence-corrected chi connectivity index (χ1v) is 11.3. The normalized spacial score (nSPS) is 20.1. The summed E-state index contributed by atoms with van der Waals surface area (Å²) in [5, 5.41) is 2.81. The highest BCUT2D eigenvalue weighted by Crippen LogP contribution is 2.40. The van der Waals surface area contributed by atoms with Crippen molar-refractivity contribution in [2.45, 2.75) is 38.1 Å². The van der Waals surface area contributed by atoms with Crippen molar-refractivity contribution < 1.29 is 14.4 Å². The number of nitrogens with zero attached hydrogens (tertiary/aromatic N) is 4. The van der Waals surface area contributed by atoms with Gasteiger partial charge in [-0.05, 0) is 62.4 Å². The molecule has 0 unspecified atom stereocenters. The van der Waals surface area contributed by atoms with Crippen LogP contribution in [0.15, 0.2) is 42.7 Å². The number of carbonyl (C=O) groups is 3. The molecule has 2 fully saturated rings. The summed E-state index contributed by atoms with van der Waals surface area (Å²) < 4.78 is 0. The van der Waals surface area contributed by atoms with Gasteiger partial charge in [0.05, 0.1) is 23.3 Å². The van der Waals surface area contributed by atoms with Crippen molar-refractivity contribution in [2.24, 2.45) is 0 Å². The number of fused-ring (bicyclic) bond motifs is 3. The molecular formula is C24H27N5O3. The molecule has 1 atom stereocenters. The lowest BCUT2D eigenvalue weighted by Gasteiger charge is -2.45. The van der Waals surface area contributed by atoms with Crippen LogP contribution in [0.25, 0.3) is 0 Å². The van der Waals surface area contributed by atoms with Gasteiger partial charge in [-0.2, -0.15) is 0 Å². The van der Waals surface area contributed by atoms with Gasteiger partial charge in [0.15, 0.2) is 0 Å². The molecule has 0 bridgehead atoms. The Bertz CT molecular complexity index is 1040. The van der Waals surface area contributed by atoms with Gasteiger partial charge in [0.25, 0.3) is 5.91 Å². The van der Waals surface area contributed by atoms with Gasteiger partial charge in [-0.1, -0.05) is 0 Å². The summed E-state index contributed by atoms with van der Waals surface area (Å²) >= 11 is 0. The van der Waals surface area contributed by atoms with Gasteiger partial charge in [-0.15, -0.1) is 0 Å². The molecule has 1 aromatic carbocycles. The van der Waals surface area contributed by atoms with Crippen molar-refractivity contribution in [3.05, 3.63) is 48.3 Å². The van der Waals surface area contributed by atoms with Gasteiger partial charge < -0.3 is 15.1 Å². The Kier molecular flexibility index (Phi) is 5.51. The van der Waals surface area contributed by atoms with Crippen LogP contribution in [0.3, 0.4) is 0 Å². The summed E-state index contributed by atoms with van der Waals surface area (Å²) in [4.78, 5) is 48.8. The molecule has 2 aromatic rings. The third-order valence-corrected chi connectivity index (χ3v) is 6.52. The molecule has 0 saturated carbocycles. The Hall–Kier alpha value is -3.42. The zero-order valence-electron chi connectivity index (χ0n) is 18.0. The van der Waals surface area contributed by atoms with E-state index in [0.29, 0.717) is 16.9 Å². The van der Waals surface area contributed by atoms with Crippen molar-refractivity contribution in [1.29, 1.82) is 0 Å². The molecule has 4 heterocycles. The Morgan fingerprint density at radius 2 is 1.84 bits per heavy atom. The van der Waals surface area contributed by atoms with Crippen LogP contribution in [-0.4, -0.2) is 59.8 Å². The number of amides is 3. The number of rotatable bonds is 4. The molecule has 0 aliphatic carbocycles. The van der Waals surface area contributed by atoms with E-state index >= 15 is 0 Å². The van der Waals surface area contributed by atoms with Crippen LogP contribution in [0.5, 0.6) is 0 Å². The van der Waals surface area contributed by atoms with E-state index in [1.807, 2.05) is 17.0 Å². The van der Waals surface area contributed by atoms with Gasteiger partial charge in [-0.25, -0.2) is 0 Å². The molecule has 1 N–H and O–H groups in total. The molecule has 1 aromatic heterocycles. The smallest absolute Gasteiger partial charge is 0.253 e. The van der Waals surface area contributed by atoms with Gasteiger partial charge in [0, 0.05) is 31.4 Å². The lowest BCUT2D eigenvalue weighted by Crippen LogP contribution is -2.56. The summed E-state index contributed by atoms with van der Waals surface area (Å²) in [5.74, 6) is -0.389. The van der Waals surface area contributed by atoms with Crippen LogP contribution >= 0.6 is 0 Å². The van der Waals surface area contributed by atoms with E-state index in [0.717, 1.165) is 57.4 Å². The molecular weight excluding hydrogens is 406 g/mol. The maximum Gasteiger partial charge on any atom is 0.253 e. The summed E-state index contributed by atoms with van der Waals surface area (Å²) in [7, 11) is 0. The van der Waals surface area contributed by atoms with E-state index in [2.05, 4.69) is 15.2 Å². The second-order valence-corrected chi connectivity index (χ2v) is 8.62. The number of benzene rings is 1. The lowest BCUT2D eigenvalue weighted by atomic mass is 9.95. The molecule has 0 radical (unpaired) electrons. The first kappa shape index (κ1) is 20.5. The number of hydrogen-bond donors (Lipinski definition) is 1. The van der Waals surface area contributed by atoms with Crippen LogP contribution in [0.4, 0.5) is 17.1 Å². The molecule has 8 nitrogen and oxygen atoms in total. The SMILES string of the molecule is O=C(CN1C(=O)[C@H]2CCCCN2c2ccc(C(=O)N3CCCC3)cc21)Nc1cccnc1. The molecule has 8 heteroatoms. The molecule has 3 aliphatic rings. The minimum atomic E-state index is -0.294. The predicted octanol–water partition coefficient (Wildman–Crippen LogP) is 2.66. The first-order chi connectivity index (χ1) is 15.6. The first-order valence-electron chi connectivity index (χ1n) is 11.3. The maximum atomic E-state index is 13.4. The Balaban J connectivity index is 1.46. The number of anilines is 3. The summed E-state index contributed by atoms with van der Waals surface area (Å²) in [6.45, 7) is 2.23. The Morgan fingerprint density at radius 3 is 2.62 bits per heavy atom. The van der Waals surface area contributed by atoms with E-state index in [-0.39, 0.29) is 30.3 Å². The minimum absolute atomic E-state index is 0.0155. The number of nitrogens with one attached hydrogen (secondary N) is 1. The number of piperidine rings is 1. The van der Waals surface area contributed by atoms with Crippen molar-refractivity contribution in [3.8, 4) is 0 Å². The standard InChI is InChI=1S/C24H27N5O3/c30-22(26-18-6-5-10-25-15-18)16-29-21-14-17(23(31)27-11-3-4-12-27)8-9-19(21)28-13-2-1-7-20(28)24(29)32/h5-6,8-10,14-15,20H,1-4,7,11-13,16H2,(H,26,30)/t20-/m1/s1. The number of pyridine rings is 1. The zero-order chi connectivity index (χ0) is 22.1. The van der Waals surface area contributed by atoms with Crippen LogP contribution in [-0.2, 0) is 9.59 Å². The Labute approximate surface area is 187 Å². The quantitative estimate of drug-likeness (QED) is 0.801. The molecule has 3 aliphatic heterocycles. The van der Waals surface area contributed by atoms with E-state index in [4.69, 9.17) is 0 Å². The second kappa shape index (κ2) is 8.61. The Morgan fingerprint density at radius 1 is 1.03 bits per heavy atom. The van der Waals surface area contributed by atoms with E-state index in [1.165, 1.54) is 0 Å². The number of aromatic nitrogens is 1. The number of likely N-dealkylation sites (tertiary alicyclic amines) is 1. The van der Waals surface area contributed by atoms with E-state index in [9.17, 15) is 14.4 Å². The van der Waals surface area contributed by atoms with Gasteiger partial charge in [-0.3, -0.25) is 24.3 Å². The van der Waals surface area contributed by atoms with Crippen LogP contribution < -0.4 is 15.1 Å². The third kappa shape index (κ3) is 3.81. The van der Waals surface area contributed by atoms with Crippen LogP contribution in [0.1, 0.15) is 42.5 Å². The molecule has 32 heavy (non-hydrogen) atoms. The van der Waals surface area contributed by atoms with Crippen molar-refractivity contribution in [1.82, 2.24) is 9.88 Å². The number of carbonyl (C=O) groups excluding carboxylic acids is 3. The fourth-order valence-corrected chi connectivity index (χ4v) is 4.94. The van der Waals surface area contributed by atoms with Gasteiger partial charge in [0.2, 0.25) is 11.8 Å². The molecule has 2 saturated heterocycles. The van der Waals surface area contributed by atoms with E-state index < -0.39 is 0 Å². The van der Waals surface area contributed by atoms with Crippen molar-refractivity contribution in [3.63, 3.8) is 0 Å². The highest BCUT2D eigenvalue weighted by molar-refractivity contribution is 6.11. The average molecular weight is 434 g/mol. The lowest BCUT2D eigenvalue weighted by molar-refractivity contribution is -0.123. The minimum Gasteiger partial charge on any atom is -0.358 e. The van der Waals surface area contributed by atoms with Crippen molar-refractivity contribution >= 4 is 34.8 Å². The van der Waals surface area contributed by atoms with Crippen molar-refractivity contribution in [2.75, 3.05) is 41.3 Å². The third-order valence-electron chi connectivity index (χ3n) is 6.52. The second-order valence-electron chi connectivity index (χ2n) is 8.62. The largest absolute Gasteiger partial charge is 0.358 e. The fourth-order valence-electron chi connectivity index (χ4n) is 4.94. The maximum absolute atomic E-state index is 13.4.